The number of methoxy groups -OCH3 is 3. The minimum Gasteiger partial charge on any atom is -0.493 e. The highest BCUT2D eigenvalue weighted by molar-refractivity contribution is 5.55. The molecule has 0 aromatic heterocycles. The lowest BCUT2D eigenvalue weighted by atomic mass is 10.1. The van der Waals surface area contributed by atoms with Gasteiger partial charge in [0.1, 0.15) is 5.75 Å². The van der Waals surface area contributed by atoms with Crippen molar-refractivity contribution >= 4 is 0 Å². The number of benzene rings is 2. The fraction of sp³-hybridized carbons (Fsp3) is 0.400. The molecule has 2 aromatic carbocycles. The first-order chi connectivity index (χ1) is 12.1. The van der Waals surface area contributed by atoms with Crippen molar-refractivity contribution in [2.75, 3.05) is 21.3 Å². The van der Waals surface area contributed by atoms with Gasteiger partial charge in [0.2, 0.25) is 5.75 Å². The minimum absolute atomic E-state index is 0.145. The van der Waals surface area contributed by atoms with Gasteiger partial charge in [-0.15, -0.1) is 0 Å². The van der Waals surface area contributed by atoms with Crippen LogP contribution in [-0.4, -0.2) is 27.4 Å². The van der Waals surface area contributed by atoms with E-state index < -0.39 is 0 Å². The molecule has 25 heavy (non-hydrogen) atoms. The van der Waals surface area contributed by atoms with Gasteiger partial charge in [-0.25, -0.2) is 0 Å². The molecule has 0 unspecified atom stereocenters. The number of rotatable bonds is 9. The molecule has 0 spiro atoms. The number of ether oxygens (including phenoxy) is 4. The summed E-state index contributed by atoms with van der Waals surface area (Å²) in [7, 11) is 4.85. The van der Waals surface area contributed by atoms with Gasteiger partial charge in [0.25, 0.3) is 0 Å². The molecule has 0 aliphatic heterocycles. The van der Waals surface area contributed by atoms with E-state index in [-0.39, 0.29) is 6.10 Å². The molecule has 0 heterocycles. The van der Waals surface area contributed by atoms with Crippen molar-refractivity contribution in [1.29, 1.82) is 0 Å². The highest BCUT2D eigenvalue weighted by Crippen LogP contribution is 2.39. The highest BCUT2D eigenvalue weighted by atomic mass is 16.5. The molecule has 0 aliphatic rings. The van der Waals surface area contributed by atoms with Gasteiger partial charge in [-0.2, -0.15) is 0 Å². The maximum atomic E-state index is 5.86. The lowest BCUT2D eigenvalue weighted by molar-refractivity contribution is 0.239. The summed E-state index contributed by atoms with van der Waals surface area (Å²) in [4.78, 5) is 0. The molecule has 0 fully saturated rings. The fourth-order valence-corrected chi connectivity index (χ4v) is 2.65. The number of para-hydroxylation sites is 1. The average molecular weight is 345 g/mol. The second kappa shape index (κ2) is 9.18. The Morgan fingerprint density at radius 1 is 0.760 bits per heavy atom. The minimum atomic E-state index is 0.145. The van der Waals surface area contributed by atoms with Gasteiger partial charge in [-0.05, 0) is 26.0 Å². The largest absolute Gasteiger partial charge is 0.493 e. The molecule has 0 saturated heterocycles. The van der Waals surface area contributed by atoms with E-state index in [2.05, 4.69) is 11.4 Å². The molecular weight excluding hydrogens is 318 g/mol. The van der Waals surface area contributed by atoms with E-state index in [0.29, 0.717) is 30.3 Å². The van der Waals surface area contributed by atoms with E-state index in [4.69, 9.17) is 18.9 Å². The summed E-state index contributed by atoms with van der Waals surface area (Å²) in [5.74, 6) is 2.84. The van der Waals surface area contributed by atoms with Crippen LogP contribution in [0.5, 0.6) is 23.0 Å². The smallest absolute Gasteiger partial charge is 0.203 e. The van der Waals surface area contributed by atoms with E-state index in [1.807, 2.05) is 44.2 Å². The molecule has 2 rings (SSSR count). The summed E-state index contributed by atoms with van der Waals surface area (Å²) in [6.45, 7) is 5.39. The van der Waals surface area contributed by atoms with Crippen LogP contribution in [0.1, 0.15) is 25.0 Å². The first-order valence-corrected chi connectivity index (χ1v) is 8.33. The molecule has 0 saturated carbocycles. The lowest BCUT2D eigenvalue weighted by Crippen LogP contribution is -2.15. The maximum Gasteiger partial charge on any atom is 0.203 e. The Balaban J connectivity index is 2.10. The Hall–Kier alpha value is -2.40. The molecule has 2 aromatic rings. The third-order valence-electron chi connectivity index (χ3n) is 3.75. The number of nitrogens with one attached hydrogen (secondary N) is 1. The molecule has 5 nitrogen and oxygen atoms in total. The standard InChI is InChI=1S/C20H27NO4/c1-14(2)25-17-9-7-6-8-15(17)12-21-13-16-10-11-18(22-3)20(24-5)19(16)23-4/h6-11,14,21H,12-13H2,1-5H3. The van der Waals surface area contributed by atoms with Crippen LogP contribution in [0, 0.1) is 0 Å². The van der Waals surface area contributed by atoms with Crippen molar-refractivity contribution in [2.45, 2.75) is 33.0 Å². The van der Waals surface area contributed by atoms with E-state index in [1.165, 1.54) is 0 Å². The van der Waals surface area contributed by atoms with Crippen LogP contribution in [-0.2, 0) is 13.1 Å². The van der Waals surface area contributed by atoms with Gasteiger partial charge >= 0.3 is 0 Å². The predicted molar refractivity (Wildman–Crippen MR) is 98.8 cm³/mol. The second-order valence-corrected chi connectivity index (χ2v) is 5.87. The van der Waals surface area contributed by atoms with Crippen molar-refractivity contribution in [3.63, 3.8) is 0 Å². The molecule has 0 radical (unpaired) electrons. The summed E-state index contributed by atoms with van der Waals surface area (Å²) in [6, 6.07) is 11.9. The van der Waals surface area contributed by atoms with Crippen molar-refractivity contribution in [2.24, 2.45) is 0 Å². The van der Waals surface area contributed by atoms with Gasteiger partial charge in [-0.3, -0.25) is 0 Å². The van der Waals surface area contributed by atoms with Crippen LogP contribution in [0.4, 0.5) is 0 Å². The van der Waals surface area contributed by atoms with Crippen LogP contribution in [0.15, 0.2) is 36.4 Å². The Bertz CT molecular complexity index is 685. The summed E-state index contributed by atoms with van der Waals surface area (Å²) in [5.41, 5.74) is 2.12. The maximum absolute atomic E-state index is 5.86. The molecule has 5 heteroatoms. The third-order valence-corrected chi connectivity index (χ3v) is 3.75. The van der Waals surface area contributed by atoms with E-state index in [0.717, 1.165) is 16.9 Å². The van der Waals surface area contributed by atoms with E-state index >= 15 is 0 Å². The SMILES string of the molecule is COc1ccc(CNCc2ccccc2OC(C)C)c(OC)c1OC. The Morgan fingerprint density at radius 2 is 1.44 bits per heavy atom. The molecule has 136 valence electrons. The van der Waals surface area contributed by atoms with Crippen molar-refractivity contribution in [1.82, 2.24) is 5.32 Å². The molecule has 0 atom stereocenters. The number of hydrogen-bond acceptors (Lipinski definition) is 5. The zero-order valence-corrected chi connectivity index (χ0v) is 15.6. The summed E-state index contributed by atoms with van der Waals surface area (Å²) < 4.78 is 22.1. The fourth-order valence-electron chi connectivity index (χ4n) is 2.65. The quantitative estimate of drug-likeness (QED) is 0.749. The van der Waals surface area contributed by atoms with Crippen LogP contribution in [0.2, 0.25) is 0 Å². The van der Waals surface area contributed by atoms with Crippen LogP contribution < -0.4 is 24.3 Å². The van der Waals surface area contributed by atoms with Crippen molar-refractivity contribution in [3.8, 4) is 23.0 Å². The average Bonchev–Trinajstić information content (AvgIpc) is 2.61. The van der Waals surface area contributed by atoms with Crippen molar-refractivity contribution in [3.05, 3.63) is 47.5 Å². The molecule has 0 amide bonds. The normalized spacial score (nSPS) is 10.6. The zero-order chi connectivity index (χ0) is 18.2. The van der Waals surface area contributed by atoms with E-state index in [1.54, 1.807) is 21.3 Å². The Morgan fingerprint density at radius 3 is 2.08 bits per heavy atom. The monoisotopic (exact) mass is 345 g/mol. The van der Waals surface area contributed by atoms with Gasteiger partial charge in [-0.1, -0.05) is 24.3 Å². The Kier molecular flexibility index (Phi) is 6.95. The van der Waals surface area contributed by atoms with Gasteiger partial charge in [0.05, 0.1) is 27.4 Å². The van der Waals surface area contributed by atoms with Crippen molar-refractivity contribution < 1.29 is 18.9 Å². The highest BCUT2D eigenvalue weighted by Gasteiger charge is 2.15. The van der Waals surface area contributed by atoms with Gasteiger partial charge < -0.3 is 24.3 Å². The summed E-state index contributed by atoms with van der Waals surface area (Å²) in [6.07, 6.45) is 0.145. The first kappa shape index (κ1) is 18.9. The number of hydrogen-bond donors (Lipinski definition) is 1. The van der Waals surface area contributed by atoms with Gasteiger partial charge in [0.15, 0.2) is 11.5 Å². The molecular formula is C20H27NO4. The third kappa shape index (κ3) is 4.79. The molecule has 0 aliphatic carbocycles. The predicted octanol–water partition coefficient (Wildman–Crippen LogP) is 3.79. The first-order valence-electron chi connectivity index (χ1n) is 8.33. The molecule has 1 N–H and O–H groups in total. The summed E-state index contributed by atoms with van der Waals surface area (Å²) >= 11 is 0. The lowest BCUT2D eigenvalue weighted by Gasteiger charge is -2.17. The molecule has 0 bridgehead atoms. The summed E-state index contributed by atoms with van der Waals surface area (Å²) in [5, 5.41) is 3.44. The Labute approximate surface area is 149 Å². The van der Waals surface area contributed by atoms with Crippen LogP contribution in [0.25, 0.3) is 0 Å². The van der Waals surface area contributed by atoms with Gasteiger partial charge in [0, 0.05) is 24.2 Å². The van der Waals surface area contributed by atoms with E-state index in [9.17, 15) is 0 Å². The zero-order valence-electron chi connectivity index (χ0n) is 15.6. The second-order valence-electron chi connectivity index (χ2n) is 5.87. The topological polar surface area (TPSA) is 49.0 Å². The van der Waals surface area contributed by atoms with Crippen LogP contribution in [0.3, 0.4) is 0 Å². The van der Waals surface area contributed by atoms with Crippen LogP contribution >= 0.6 is 0 Å².